The summed E-state index contributed by atoms with van der Waals surface area (Å²) in [6.45, 7) is 10.6. The highest BCUT2D eigenvalue weighted by Gasteiger charge is 2.38. The van der Waals surface area contributed by atoms with Gasteiger partial charge < -0.3 is 19.6 Å². The number of amides is 1. The number of fused-ring (bicyclic) bond motifs is 1. The van der Waals surface area contributed by atoms with Gasteiger partial charge in [0.2, 0.25) is 0 Å². The second-order valence-corrected chi connectivity index (χ2v) is 8.87. The molecule has 3 heterocycles. The third-order valence-corrected chi connectivity index (χ3v) is 5.61. The zero-order valence-corrected chi connectivity index (χ0v) is 18.8. The minimum atomic E-state index is -0.554. The van der Waals surface area contributed by atoms with E-state index in [1.165, 1.54) is 4.57 Å². The van der Waals surface area contributed by atoms with Gasteiger partial charge in [0.25, 0.3) is 5.56 Å². The van der Waals surface area contributed by atoms with Gasteiger partial charge in [-0.2, -0.15) is 5.10 Å². The lowest BCUT2D eigenvalue weighted by Gasteiger charge is -2.47. The SMILES string of the molecule is CC[C@@H]1CN(c2cc(=O)n(C)c3cc(CO)nn23)[C@@H](CC)CN1C(=O)OC(C)(C)C. The predicted molar refractivity (Wildman–Crippen MR) is 115 cm³/mol. The Morgan fingerprint density at radius 1 is 1.20 bits per heavy atom. The number of rotatable bonds is 4. The van der Waals surface area contributed by atoms with Crippen LogP contribution in [-0.4, -0.2) is 61.1 Å². The van der Waals surface area contributed by atoms with E-state index in [4.69, 9.17) is 4.74 Å². The summed E-state index contributed by atoms with van der Waals surface area (Å²) >= 11 is 0. The molecule has 0 radical (unpaired) electrons. The van der Waals surface area contributed by atoms with Crippen LogP contribution in [-0.2, 0) is 18.4 Å². The molecular weight excluding hydrogens is 386 g/mol. The van der Waals surface area contributed by atoms with Gasteiger partial charge >= 0.3 is 6.09 Å². The van der Waals surface area contributed by atoms with E-state index in [0.717, 1.165) is 12.8 Å². The third-order valence-electron chi connectivity index (χ3n) is 5.61. The van der Waals surface area contributed by atoms with Crippen LogP contribution < -0.4 is 10.5 Å². The van der Waals surface area contributed by atoms with Crippen LogP contribution >= 0.6 is 0 Å². The van der Waals surface area contributed by atoms with Gasteiger partial charge in [-0.15, -0.1) is 0 Å². The normalized spacial score (nSPS) is 20.1. The lowest BCUT2D eigenvalue weighted by atomic mass is 10.0. The number of carbonyl (C=O) groups excluding carboxylic acids is 1. The first kappa shape index (κ1) is 22.1. The van der Waals surface area contributed by atoms with Crippen molar-refractivity contribution < 1.29 is 14.6 Å². The summed E-state index contributed by atoms with van der Waals surface area (Å²) < 4.78 is 8.87. The van der Waals surface area contributed by atoms with E-state index in [2.05, 4.69) is 16.9 Å². The van der Waals surface area contributed by atoms with E-state index in [-0.39, 0.29) is 30.3 Å². The van der Waals surface area contributed by atoms with Gasteiger partial charge in [0.05, 0.1) is 18.3 Å². The number of carbonyl (C=O) groups is 1. The van der Waals surface area contributed by atoms with Crippen molar-refractivity contribution in [3.8, 4) is 0 Å². The van der Waals surface area contributed by atoms with Crippen molar-refractivity contribution in [1.29, 1.82) is 0 Å². The Kier molecular flexibility index (Phi) is 6.12. The number of hydrogen-bond acceptors (Lipinski definition) is 6. The van der Waals surface area contributed by atoms with Crippen molar-refractivity contribution in [3.63, 3.8) is 0 Å². The largest absolute Gasteiger partial charge is 0.444 e. The first-order valence-electron chi connectivity index (χ1n) is 10.5. The lowest BCUT2D eigenvalue weighted by molar-refractivity contribution is 0.00978. The number of aromatic nitrogens is 3. The molecule has 0 aliphatic carbocycles. The molecule has 0 spiro atoms. The van der Waals surface area contributed by atoms with Crippen LogP contribution in [0.15, 0.2) is 16.9 Å². The summed E-state index contributed by atoms with van der Waals surface area (Å²) in [5.41, 5.74) is 0.435. The molecule has 1 aliphatic rings. The molecule has 2 aromatic rings. The second kappa shape index (κ2) is 8.29. The average Bonchev–Trinajstić information content (AvgIpc) is 3.13. The molecule has 0 saturated carbocycles. The Labute approximate surface area is 176 Å². The highest BCUT2D eigenvalue weighted by molar-refractivity contribution is 5.69. The van der Waals surface area contributed by atoms with E-state index >= 15 is 0 Å². The molecule has 9 nitrogen and oxygen atoms in total. The van der Waals surface area contributed by atoms with Gasteiger partial charge in [0.1, 0.15) is 17.1 Å². The van der Waals surface area contributed by atoms with E-state index in [1.807, 2.05) is 32.6 Å². The van der Waals surface area contributed by atoms with Gasteiger partial charge in [-0.3, -0.25) is 9.36 Å². The first-order chi connectivity index (χ1) is 14.1. The molecule has 2 atom stereocenters. The fourth-order valence-corrected chi connectivity index (χ4v) is 3.96. The molecule has 1 N–H and O–H groups in total. The van der Waals surface area contributed by atoms with Crippen molar-refractivity contribution in [3.05, 3.63) is 28.2 Å². The van der Waals surface area contributed by atoms with Gasteiger partial charge in [-0.05, 0) is 33.6 Å². The zero-order chi connectivity index (χ0) is 22.2. The number of aliphatic hydroxyl groups excluding tert-OH is 1. The molecule has 1 amide bonds. The summed E-state index contributed by atoms with van der Waals surface area (Å²) in [5, 5.41) is 14.0. The Balaban J connectivity index is 2.01. The van der Waals surface area contributed by atoms with E-state index in [0.29, 0.717) is 30.2 Å². The van der Waals surface area contributed by atoms with Crippen LogP contribution in [0.5, 0.6) is 0 Å². The summed E-state index contributed by atoms with van der Waals surface area (Å²) in [7, 11) is 1.69. The zero-order valence-electron chi connectivity index (χ0n) is 18.8. The fraction of sp³-hybridized carbons (Fsp3) is 0.667. The third kappa shape index (κ3) is 4.16. The van der Waals surface area contributed by atoms with Crippen molar-refractivity contribution in [2.45, 2.75) is 71.8 Å². The summed E-state index contributed by atoms with van der Waals surface area (Å²) in [6.07, 6.45) is 1.25. The smallest absolute Gasteiger partial charge is 0.410 e. The van der Waals surface area contributed by atoms with Crippen LogP contribution in [0.3, 0.4) is 0 Å². The number of aryl methyl sites for hydroxylation is 1. The average molecular weight is 420 g/mol. The Morgan fingerprint density at radius 2 is 1.87 bits per heavy atom. The van der Waals surface area contributed by atoms with Crippen LogP contribution in [0.4, 0.5) is 10.6 Å². The number of anilines is 1. The summed E-state index contributed by atoms with van der Waals surface area (Å²) in [5.74, 6) is 0.682. The minimum Gasteiger partial charge on any atom is -0.444 e. The maximum atomic E-state index is 12.8. The predicted octanol–water partition coefficient (Wildman–Crippen LogP) is 2.14. The molecule has 3 rings (SSSR count). The number of piperazine rings is 1. The number of ether oxygens (including phenoxy) is 1. The van der Waals surface area contributed by atoms with Crippen molar-refractivity contribution >= 4 is 17.6 Å². The van der Waals surface area contributed by atoms with E-state index in [9.17, 15) is 14.7 Å². The Hall–Kier alpha value is -2.55. The van der Waals surface area contributed by atoms with Gasteiger partial charge in [0, 0.05) is 38.3 Å². The van der Waals surface area contributed by atoms with Crippen molar-refractivity contribution in [2.75, 3.05) is 18.0 Å². The topological polar surface area (TPSA) is 92.3 Å². The lowest BCUT2D eigenvalue weighted by Crippen LogP contribution is -2.60. The van der Waals surface area contributed by atoms with Crippen molar-refractivity contribution in [2.24, 2.45) is 7.05 Å². The van der Waals surface area contributed by atoms with Gasteiger partial charge in [-0.1, -0.05) is 13.8 Å². The molecule has 0 unspecified atom stereocenters. The number of aliphatic hydroxyl groups is 1. The van der Waals surface area contributed by atoms with Gasteiger partial charge in [0.15, 0.2) is 0 Å². The number of nitrogens with zero attached hydrogens (tertiary/aromatic N) is 5. The molecule has 30 heavy (non-hydrogen) atoms. The molecule has 1 aliphatic heterocycles. The van der Waals surface area contributed by atoms with Crippen LogP contribution in [0.2, 0.25) is 0 Å². The minimum absolute atomic E-state index is 0.0115. The maximum absolute atomic E-state index is 12.8. The van der Waals surface area contributed by atoms with Crippen molar-refractivity contribution in [1.82, 2.24) is 19.1 Å². The quantitative estimate of drug-likeness (QED) is 0.816. The second-order valence-electron chi connectivity index (χ2n) is 8.87. The summed E-state index contributed by atoms with van der Waals surface area (Å²) in [6, 6.07) is 3.27. The van der Waals surface area contributed by atoms with Gasteiger partial charge in [-0.25, -0.2) is 9.31 Å². The molecule has 2 aromatic heterocycles. The maximum Gasteiger partial charge on any atom is 0.410 e. The van der Waals surface area contributed by atoms with Crippen LogP contribution in [0.1, 0.15) is 53.2 Å². The van der Waals surface area contributed by atoms with E-state index < -0.39 is 5.60 Å². The van der Waals surface area contributed by atoms with Crippen LogP contribution in [0, 0.1) is 0 Å². The molecule has 0 aromatic carbocycles. The molecule has 0 bridgehead atoms. The fourth-order valence-electron chi connectivity index (χ4n) is 3.96. The molecule has 1 saturated heterocycles. The molecular formula is C21H33N5O4. The molecule has 9 heteroatoms. The number of hydrogen-bond donors (Lipinski definition) is 1. The highest BCUT2D eigenvalue weighted by atomic mass is 16.6. The first-order valence-corrected chi connectivity index (χ1v) is 10.5. The Bertz CT molecular complexity index is 974. The molecule has 1 fully saturated rings. The summed E-state index contributed by atoms with van der Waals surface area (Å²) in [4.78, 5) is 29.4. The standard InChI is InChI=1S/C21H33N5O4/c1-7-15-12-25(20(29)30-21(3,4)5)16(8-2)11-24(15)18-10-19(28)23(6)17-9-14(13-27)22-26(17)18/h9-10,15-16,27H,7-8,11-13H2,1-6H3/t15-,16+/m0/s1. The molecule has 166 valence electrons. The van der Waals surface area contributed by atoms with Crippen LogP contribution in [0.25, 0.3) is 5.65 Å². The monoisotopic (exact) mass is 419 g/mol. The Morgan fingerprint density at radius 3 is 2.43 bits per heavy atom. The highest BCUT2D eigenvalue weighted by Crippen LogP contribution is 2.27. The van der Waals surface area contributed by atoms with E-state index in [1.54, 1.807) is 23.7 Å².